The number of benzene rings is 1. The Kier molecular flexibility index (Phi) is 1.96. The summed E-state index contributed by atoms with van der Waals surface area (Å²) in [5.74, 6) is -1.02. The lowest BCUT2D eigenvalue weighted by atomic mass is 10.3. The maximum atomic E-state index is 13.0. The van der Waals surface area contributed by atoms with Crippen molar-refractivity contribution in [1.82, 2.24) is 9.78 Å². The molecule has 2 rings (SSSR count). The van der Waals surface area contributed by atoms with Crippen molar-refractivity contribution in [2.45, 2.75) is 6.92 Å². The molecule has 0 unspecified atom stereocenters. The highest BCUT2D eigenvalue weighted by Gasteiger charge is 2.08. The lowest BCUT2D eigenvalue weighted by Gasteiger charge is -2.04. The van der Waals surface area contributed by atoms with Crippen molar-refractivity contribution in [3.8, 4) is 11.4 Å². The first-order valence-corrected chi connectivity index (χ1v) is 4.17. The minimum Gasteiger partial charge on any atom is -0.503 e. The summed E-state index contributed by atoms with van der Waals surface area (Å²) in [4.78, 5) is 0. The number of aromatic hydroxyl groups is 1. The van der Waals surface area contributed by atoms with Gasteiger partial charge in [0.1, 0.15) is 5.69 Å². The number of hydrogen-bond donors (Lipinski definition) is 1. The molecule has 72 valence electrons. The maximum absolute atomic E-state index is 13.0. The van der Waals surface area contributed by atoms with Crippen LogP contribution in [0.2, 0.25) is 0 Å². The van der Waals surface area contributed by atoms with E-state index in [1.807, 2.05) is 6.92 Å². The molecule has 0 atom stereocenters. The van der Waals surface area contributed by atoms with E-state index < -0.39 is 5.82 Å². The van der Waals surface area contributed by atoms with Gasteiger partial charge in [-0.05, 0) is 24.6 Å². The molecule has 0 spiro atoms. The van der Waals surface area contributed by atoms with E-state index in [1.165, 1.54) is 16.8 Å². The summed E-state index contributed by atoms with van der Waals surface area (Å²) in [6.07, 6.45) is 3.36. The highest BCUT2D eigenvalue weighted by atomic mass is 19.1. The fraction of sp³-hybridized carbons (Fsp3) is 0.100. The van der Waals surface area contributed by atoms with Gasteiger partial charge in [-0.3, -0.25) is 0 Å². The summed E-state index contributed by atoms with van der Waals surface area (Å²) in [7, 11) is 0. The lowest BCUT2D eigenvalue weighted by molar-refractivity contribution is 0.428. The van der Waals surface area contributed by atoms with Gasteiger partial charge in [0.25, 0.3) is 0 Å². The van der Waals surface area contributed by atoms with Crippen molar-refractivity contribution in [2.24, 2.45) is 0 Å². The summed E-state index contributed by atoms with van der Waals surface area (Å²) in [5, 5.41) is 13.4. The van der Waals surface area contributed by atoms with Crippen LogP contribution in [-0.4, -0.2) is 14.9 Å². The molecule has 2 aromatic rings. The molecule has 0 aliphatic heterocycles. The van der Waals surface area contributed by atoms with Gasteiger partial charge in [-0.15, -0.1) is 0 Å². The minimum absolute atomic E-state index is 0.345. The second-order valence-corrected chi connectivity index (χ2v) is 3.07. The van der Waals surface area contributed by atoms with E-state index in [2.05, 4.69) is 5.10 Å². The molecule has 0 bridgehead atoms. The first kappa shape index (κ1) is 8.74. The third kappa shape index (κ3) is 1.35. The van der Waals surface area contributed by atoms with Crippen LogP contribution in [0.3, 0.4) is 0 Å². The zero-order valence-electron chi connectivity index (χ0n) is 7.61. The molecule has 0 saturated heterocycles. The number of nitrogens with zero attached hydrogens (tertiary/aromatic N) is 2. The Labute approximate surface area is 80.4 Å². The van der Waals surface area contributed by atoms with Crippen LogP contribution in [0.1, 0.15) is 5.56 Å². The first-order chi connectivity index (χ1) is 6.68. The molecule has 1 aromatic carbocycles. The van der Waals surface area contributed by atoms with E-state index in [0.717, 1.165) is 5.56 Å². The van der Waals surface area contributed by atoms with Crippen LogP contribution in [-0.2, 0) is 0 Å². The summed E-state index contributed by atoms with van der Waals surface area (Å²) in [6.45, 7) is 1.87. The number of aromatic nitrogens is 2. The number of rotatable bonds is 1. The Bertz CT molecular complexity index is 465. The molecular formula is C10H9FN2O. The molecule has 4 heteroatoms. The highest BCUT2D eigenvalue weighted by molar-refractivity contribution is 5.45. The average molecular weight is 192 g/mol. The van der Waals surface area contributed by atoms with Crippen LogP contribution < -0.4 is 0 Å². The summed E-state index contributed by atoms with van der Waals surface area (Å²) in [5.41, 5.74) is 1.30. The first-order valence-electron chi connectivity index (χ1n) is 4.17. The van der Waals surface area contributed by atoms with E-state index in [-0.39, 0.29) is 5.75 Å². The molecule has 0 saturated carbocycles. The van der Waals surface area contributed by atoms with Crippen molar-refractivity contribution < 1.29 is 9.50 Å². The largest absolute Gasteiger partial charge is 0.503 e. The molecular weight excluding hydrogens is 183 g/mol. The fourth-order valence-electron chi connectivity index (χ4n) is 1.23. The minimum atomic E-state index is -0.643. The number of phenols is 1. The Hall–Kier alpha value is -1.84. The van der Waals surface area contributed by atoms with Crippen LogP contribution >= 0.6 is 0 Å². The smallest absolute Gasteiger partial charge is 0.177 e. The second-order valence-electron chi connectivity index (χ2n) is 3.07. The van der Waals surface area contributed by atoms with Gasteiger partial charge in [0.05, 0.1) is 6.20 Å². The fourth-order valence-corrected chi connectivity index (χ4v) is 1.23. The average Bonchev–Trinajstić information content (AvgIpc) is 2.57. The van der Waals surface area contributed by atoms with Crippen molar-refractivity contribution in [2.75, 3.05) is 0 Å². The van der Waals surface area contributed by atoms with Gasteiger partial charge >= 0.3 is 0 Å². The number of hydrogen-bond acceptors (Lipinski definition) is 2. The van der Waals surface area contributed by atoms with Gasteiger partial charge in [0, 0.05) is 6.20 Å². The number of phenolic OH excluding ortho intramolecular Hbond substituents is 1. The molecule has 3 nitrogen and oxygen atoms in total. The molecule has 14 heavy (non-hydrogen) atoms. The number of halogens is 1. The number of aryl methyl sites for hydroxylation is 1. The predicted octanol–water partition coefficient (Wildman–Crippen LogP) is 2.03. The van der Waals surface area contributed by atoms with Gasteiger partial charge in [-0.1, -0.05) is 6.07 Å². The Morgan fingerprint density at radius 2 is 2.21 bits per heavy atom. The normalized spacial score (nSPS) is 10.4. The van der Waals surface area contributed by atoms with Crippen LogP contribution in [0, 0.1) is 12.7 Å². The van der Waals surface area contributed by atoms with Crippen LogP contribution in [0.4, 0.5) is 4.39 Å². The Morgan fingerprint density at radius 1 is 1.43 bits per heavy atom. The Balaban J connectivity index is 2.57. The lowest BCUT2D eigenvalue weighted by Crippen LogP contribution is -1.95. The third-order valence-electron chi connectivity index (χ3n) is 1.92. The zero-order chi connectivity index (χ0) is 10.1. The van der Waals surface area contributed by atoms with Crippen molar-refractivity contribution in [1.29, 1.82) is 0 Å². The summed E-state index contributed by atoms with van der Waals surface area (Å²) < 4.78 is 14.4. The molecule has 1 heterocycles. The molecule has 1 aromatic heterocycles. The van der Waals surface area contributed by atoms with Crippen molar-refractivity contribution in [3.05, 3.63) is 42.0 Å². The molecule has 0 aliphatic rings. The van der Waals surface area contributed by atoms with Crippen molar-refractivity contribution >= 4 is 0 Å². The van der Waals surface area contributed by atoms with E-state index in [4.69, 9.17) is 0 Å². The van der Waals surface area contributed by atoms with E-state index in [9.17, 15) is 9.50 Å². The summed E-state index contributed by atoms with van der Waals surface area (Å²) >= 11 is 0. The second kappa shape index (κ2) is 3.14. The maximum Gasteiger partial charge on any atom is 0.177 e. The quantitative estimate of drug-likeness (QED) is 0.750. The number of para-hydroxylation sites is 1. The van der Waals surface area contributed by atoms with Crippen LogP contribution in [0.25, 0.3) is 5.69 Å². The van der Waals surface area contributed by atoms with Crippen LogP contribution in [0.15, 0.2) is 30.6 Å². The van der Waals surface area contributed by atoms with Crippen LogP contribution in [0.5, 0.6) is 5.75 Å². The molecule has 0 radical (unpaired) electrons. The van der Waals surface area contributed by atoms with E-state index in [1.54, 1.807) is 18.5 Å². The van der Waals surface area contributed by atoms with Gasteiger partial charge in [0.15, 0.2) is 11.6 Å². The molecule has 0 amide bonds. The van der Waals surface area contributed by atoms with Gasteiger partial charge < -0.3 is 5.11 Å². The van der Waals surface area contributed by atoms with E-state index >= 15 is 0 Å². The SMILES string of the molecule is Cc1cnn(-c2cccc(F)c2O)c1. The Morgan fingerprint density at radius 3 is 2.86 bits per heavy atom. The molecule has 0 aliphatic carbocycles. The van der Waals surface area contributed by atoms with Crippen molar-refractivity contribution in [3.63, 3.8) is 0 Å². The monoisotopic (exact) mass is 192 g/mol. The molecule has 1 N–H and O–H groups in total. The van der Waals surface area contributed by atoms with Gasteiger partial charge in [-0.2, -0.15) is 5.10 Å². The van der Waals surface area contributed by atoms with Gasteiger partial charge in [0.2, 0.25) is 0 Å². The topological polar surface area (TPSA) is 38.0 Å². The van der Waals surface area contributed by atoms with Gasteiger partial charge in [-0.25, -0.2) is 9.07 Å². The predicted molar refractivity (Wildman–Crippen MR) is 49.9 cm³/mol. The third-order valence-corrected chi connectivity index (χ3v) is 1.92. The standard InChI is InChI=1S/C10H9FN2O/c1-7-5-12-13(6-7)9-4-2-3-8(11)10(9)14/h2-6,14H,1H3. The summed E-state index contributed by atoms with van der Waals surface area (Å²) in [6, 6.07) is 4.33. The molecule has 0 fully saturated rings. The zero-order valence-corrected chi connectivity index (χ0v) is 7.61. The van der Waals surface area contributed by atoms with E-state index in [0.29, 0.717) is 5.69 Å². The highest BCUT2D eigenvalue weighted by Crippen LogP contribution is 2.23.